The van der Waals surface area contributed by atoms with E-state index in [-0.39, 0.29) is 17.7 Å². The predicted molar refractivity (Wildman–Crippen MR) is 94.3 cm³/mol. The molecule has 0 aromatic carbocycles. The summed E-state index contributed by atoms with van der Waals surface area (Å²) < 4.78 is 2.87. The summed E-state index contributed by atoms with van der Waals surface area (Å²) in [7, 11) is 0. The van der Waals surface area contributed by atoms with Crippen molar-refractivity contribution in [2.24, 2.45) is 11.8 Å². The van der Waals surface area contributed by atoms with E-state index in [1.807, 2.05) is 0 Å². The Morgan fingerprint density at radius 3 is 2.67 bits per heavy atom. The fourth-order valence-electron chi connectivity index (χ4n) is 4.37. The molecular weight excluding hydrogens is 348 g/mol. The highest BCUT2D eigenvalue weighted by atomic mass is 16.2. The summed E-state index contributed by atoms with van der Waals surface area (Å²) in [5, 5.41) is 4.55. The first-order chi connectivity index (χ1) is 13.1. The van der Waals surface area contributed by atoms with Crippen molar-refractivity contribution in [2.45, 2.75) is 38.3 Å². The Kier molecular flexibility index (Phi) is 3.70. The van der Waals surface area contributed by atoms with Crippen LogP contribution < -0.4 is 11.1 Å². The number of likely N-dealkylation sites (tertiary alicyclic amines) is 1. The lowest BCUT2D eigenvalue weighted by Crippen LogP contribution is -2.45. The maximum absolute atomic E-state index is 12.6. The van der Waals surface area contributed by atoms with E-state index in [0.717, 1.165) is 12.8 Å². The second kappa shape index (κ2) is 6.11. The van der Waals surface area contributed by atoms with Gasteiger partial charge in [-0.15, -0.1) is 0 Å². The van der Waals surface area contributed by atoms with Gasteiger partial charge in [0.05, 0.1) is 6.20 Å². The summed E-state index contributed by atoms with van der Waals surface area (Å²) in [5.74, 6) is 0.997. The highest BCUT2D eigenvalue weighted by molar-refractivity contribution is 5.92. The van der Waals surface area contributed by atoms with Crippen LogP contribution in [0.5, 0.6) is 0 Å². The van der Waals surface area contributed by atoms with Crippen molar-refractivity contribution >= 4 is 5.91 Å². The van der Waals surface area contributed by atoms with Gasteiger partial charge in [0, 0.05) is 50.4 Å². The molecule has 9 nitrogen and oxygen atoms in total. The zero-order valence-electron chi connectivity index (χ0n) is 14.8. The molecule has 27 heavy (non-hydrogen) atoms. The first kappa shape index (κ1) is 16.3. The van der Waals surface area contributed by atoms with Crippen LogP contribution in [0.4, 0.5) is 0 Å². The van der Waals surface area contributed by atoms with Crippen molar-refractivity contribution < 1.29 is 4.79 Å². The monoisotopic (exact) mass is 368 g/mol. The van der Waals surface area contributed by atoms with E-state index in [2.05, 4.69) is 15.1 Å². The minimum Gasteiger partial charge on any atom is -0.336 e. The Morgan fingerprint density at radius 1 is 1.11 bits per heavy atom. The van der Waals surface area contributed by atoms with Gasteiger partial charge in [0.25, 0.3) is 5.91 Å². The normalized spacial score (nSPS) is 23.8. The van der Waals surface area contributed by atoms with Crippen LogP contribution in [-0.2, 0) is 13.1 Å². The number of amides is 1. The molecule has 2 atom stereocenters. The van der Waals surface area contributed by atoms with Gasteiger partial charge in [-0.3, -0.25) is 23.9 Å². The second-order valence-electron chi connectivity index (χ2n) is 7.73. The molecule has 4 heterocycles. The lowest BCUT2D eigenvalue weighted by Gasteiger charge is -2.25. The molecule has 2 aromatic heterocycles. The van der Waals surface area contributed by atoms with Crippen LogP contribution in [0.3, 0.4) is 0 Å². The van der Waals surface area contributed by atoms with Gasteiger partial charge in [-0.05, 0) is 18.8 Å². The maximum Gasteiger partial charge on any atom is 0.332 e. The molecule has 2 fully saturated rings. The lowest BCUT2D eigenvalue weighted by molar-refractivity contribution is 0.0776. The van der Waals surface area contributed by atoms with Crippen LogP contribution in [-0.4, -0.2) is 48.2 Å². The van der Waals surface area contributed by atoms with Crippen LogP contribution in [0.2, 0.25) is 0 Å². The molecule has 2 aliphatic heterocycles. The van der Waals surface area contributed by atoms with Crippen molar-refractivity contribution in [1.82, 2.24) is 29.2 Å². The number of fused-ring (bicyclic) bond motifs is 3. The zero-order chi connectivity index (χ0) is 18.5. The minimum absolute atomic E-state index is 0.0217. The van der Waals surface area contributed by atoms with Crippen LogP contribution in [0.25, 0.3) is 0 Å². The molecule has 5 rings (SSSR count). The number of hydrogen-bond acceptors (Lipinski definition) is 6. The second-order valence-corrected chi connectivity index (χ2v) is 7.73. The van der Waals surface area contributed by atoms with Gasteiger partial charge in [0.15, 0.2) is 0 Å². The third-order valence-corrected chi connectivity index (χ3v) is 6.08. The highest BCUT2D eigenvalue weighted by Gasteiger charge is 2.44. The minimum atomic E-state index is -0.530. The number of rotatable bonds is 3. The fourth-order valence-corrected chi connectivity index (χ4v) is 4.37. The summed E-state index contributed by atoms with van der Waals surface area (Å²) in [5.41, 5.74) is -0.698. The molecule has 140 valence electrons. The molecule has 0 N–H and O–H groups in total. The quantitative estimate of drug-likeness (QED) is 0.699. The third-order valence-electron chi connectivity index (χ3n) is 6.08. The number of aromatic nitrogens is 5. The summed E-state index contributed by atoms with van der Waals surface area (Å²) in [4.78, 5) is 47.3. The van der Waals surface area contributed by atoms with E-state index < -0.39 is 11.1 Å². The summed E-state index contributed by atoms with van der Waals surface area (Å²) >= 11 is 0. The van der Waals surface area contributed by atoms with Gasteiger partial charge in [-0.1, -0.05) is 6.42 Å². The molecular formula is C18H20N6O3. The van der Waals surface area contributed by atoms with Crippen LogP contribution >= 0.6 is 0 Å². The van der Waals surface area contributed by atoms with Crippen molar-refractivity contribution in [1.29, 1.82) is 0 Å². The van der Waals surface area contributed by atoms with Crippen molar-refractivity contribution in [3.05, 3.63) is 50.8 Å². The topological polar surface area (TPSA) is 103 Å². The molecule has 9 heteroatoms. The van der Waals surface area contributed by atoms with Gasteiger partial charge >= 0.3 is 11.1 Å². The SMILES string of the molecule is O=C(c1cnccn1)N1CC2Cn3c(nn(CC4CCC4)c(=O)c3=O)C2C1. The molecule has 0 radical (unpaired) electrons. The average molecular weight is 368 g/mol. The number of nitrogens with zero attached hydrogens (tertiary/aromatic N) is 6. The largest absolute Gasteiger partial charge is 0.336 e. The van der Waals surface area contributed by atoms with Crippen LogP contribution in [0, 0.1) is 11.8 Å². The number of hydrogen-bond donors (Lipinski definition) is 0. The first-order valence-electron chi connectivity index (χ1n) is 9.39. The molecule has 0 spiro atoms. The summed E-state index contributed by atoms with van der Waals surface area (Å²) in [6.45, 7) is 1.96. The highest BCUT2D eigenvalue weighted by Crippen LogP contribution is 2.37. The molecule has 2 unspecified atom stereocenters. The van der Waals surface area contributed by atoms with Gasteiger partial charge in [0.1, 0.15) is 11.5 Å². The zero-order valence-corrected chi connectivity index (χ0v) is 14.8. The van der Waals surface area contributed by atoms with E-state index in [9.17, 15) is 14.4 Å². The molecule has 1 saturated heterocycles. The Labute approximate surface area is 154 Å². The predicted octanol–water partition coefficient (Wildman–Crippen LogP) is -0.135. The Hall–Kier alpha value is -2.84. The van der Waals surface area contributed by atoms with Gasteiger partial charge in [-0.2, -0.15) is 5.10 Å². The van der Waals surface area contributed by atoms with E-state index in [0.29, 0.717) is 43.6 Å². The first-order valence-corrected chi connectivity index (χ1v) is 9.39. The summed E-state index contributed by atoms with van der Waals surface area (Å²) in [6, 6.07) is 0. The number of carbonyl (C=O) groups excluding carboxylic acids is 1. The molecule has 2 aromatic rings. The van der Waals surface area contributed by atoms with E-state index in [1.54, 1.807) is 4.90 Å². The smallest absolute Gasteiger partial charge is 0.332 e. The van der Waals surface area contributed by atoms with E-state index in [1.165, 1.54) is 34.3 Å². The van der Waals surface area contributed by atoms with Gasteiger partial charge in [0.2, 0.25) is 0 Å². The van der Waals surface area contributed by atoms with E-state index >= 15 is 0 Å². The molecule has 1 amide bonds. The van der Waals surface area contributed by atoms with Crippen LogP contribution in [0.1, 0.15) is 41.5 Å². The molecule has 1 aliphatic carbocycles. The van der Waals surface area contributed by atoms with Gasteiger partial charge < -0.3 is 4.90 Å². The van der Waals surface area contributed by atoms with Crippen molar-refractivity contribution in [3.63, 3.8) is 0 Å². The van der Waals surface area contributed by atoms with Gasteiger partial charge in [-0.25, -0.2) is 9.67 Å². The Morgan fingerprint density at radius 2 is 1.96 bits per heavy atom. The standard InChI is InChI=1S/C18H20N6O3/c25-16(14-6-19-4-5-20-14)22-8-12-9-23-15(13(12)10-22)21-24(18(27)17(23)26)7-11-2-1-3-11/h4-6,11-13H,1-3,7-10H2. The van der Waals surface area contributed by atoms with E-state index in [4.69, 9.17) is 0 Å². The number of carbonyl (C=O) groups is 1. The Bertz CT molecular complexity index is 1010. The van der Waals surface area contributed by atoms with Crippen LogP contribution in [0.15, 0.2) is 28.2 Å². The summed E-state index contributed by atoms with van der Waals surface area (Å²) in [6.07, 6.45) is 7.83. The fraction of sp³-hybridized carbons (Fsp3) is 0.556. The lowest BCUT2D eigenvalue weighted by atomic mass is 9.85. The maximum atomic E-state index is 12.6. The Balaban J connectivity index is 1.43. The third kappa shape index (κ3) is 2.60. The molecule has 3 aliphatic rings. The average Bonchev–Trinajstić information content (AvgIpc) is 3.21. The molecule has 1 saturated carbocycles. The molecule has 0 bridgehead atoms. The van der Waals surface area contributed by atoms with Crippen molar-refractivity contribution in [3.8, 4) is 0 Å². The van der Waals surface area contributed by atoms with Crippen molar-refractivity contribution in [2.75, 3.05) is 13.1 Å².